The van der Waals surface area contributed by atoms with Gasteiger partial charge >= 0.3 is 39.5 Å². The van der Waals surface area contributed by atoms with Gasteiger partial charge in [-0.1, -0.05) is 305 Å². The number of carbonyl (C=O) groups excluding carboxylic acids is 4. The van der Waals surface area contributed by atoms with Gasteiger partial charge in [0.05, 0.1) is 26.4 Å². The Kier molecular flexibility index (Phi) is 60.8. The Bertz CT molecular complexity index is 1740. The zero-order chi connectivity index (χ0) is 65.7. The summed E-state index contributed by atoms with van der Waals surface area (Å²) in [6.07, 6.45) is 47.1. The van der Waals surface area contributed by atoms with Crippen LogP contribution in [0.3, 0.4) is 0 Å². The first kappa shape index (κ1) is 87.1. The van der Waals surface area contributed by atoms with Crippen LogP contribution in [0.15, 0.2) is 0 Å². The Balaban J connectivity index is 5.25. The zero-order valence-electron chi connectivity index (χ0n) is 57.7. The molecule has 0 amide bonds. The number of unbranched alkanes of at least 4 members (excludes halogenated alkanes) is 38. The summed E-state index contributed by atoms with van der Waals surface area (Å²) in [6, 6.07) is 0. The van der Waals surface area contributed by atoms with Gasteiger partial charge in [-0.05, 0) is 37.5 Å². The molecular weight excluding hydrogens is 1170 g/mol. The van der Waals surface area contributed by atoms with E-state index in [0.717, 1.165) is 102 Å². The molecule has 3 unspecified atom stereocenters. The van der Waals surface area contributed by atoms with E-state index in [-0.39, 0.29) is 25.7 Å². The lowest BCUT2D eigenvalue weighted by molar-refractivity contribution is -0.161. The first-order valence-electron chi connectivity index (χ1n) is 36.5. The van der Waals surface area contributed by atoms with E-state index in [4.69, 9.17) is 37.0 Å². The second-order valence-corrected chi connectivity index (χ2v) is 28.9. The molecule has 3 N–H and O–H groups in total. The molecule has 0 aromatic rings. The summed E-state index contributed by atoms with van der Waals surface area (Å²) in [5.74, 6) is -0.615. The van der Waals surface area contributed by atoms with Gasteiger partial charge in [0.15, 0.2) is 12.2 Å². The van der Waals surface area contributed by atoms with Crippen LogP contribution >= 0.6 is 15.6 Å². The van der Waals surface area contributed by atoms with Crippen molar-refractivity contribution >= 4 is 39.5 Å². The molecule has 0 radical (unpaired) electrons. The molecule has 0 aliphatic rings. The van der Waals surface area contributed by atoms with Gasteiger partial charge in [-0.3, -0.25) is 37.3 Å². The highest BCUT2D eigenvalue weighted by atomic mass is 31.2. The van der Waals surface area contributed by atoms with Crippen LogP contribution in [0.4, 0.5) is 0 Å². The molecule has 0 spiro atoms. The van der Waals surface area contributed by atoms with Gasteiger partial charge in [-0.25, -0.2) is 9.13 Å². The monoisotopic (exact) mass is 1310 g/mol. The maximum atomic E-state index is 13.0. The van der Waals surface area contributed by atoms with Crippen molar-refractivity contribution in [3.63, 3.8) is 0 Å². The molecule has 0 aromatic carbocycles. The second kappa shape index (κ2) is 62.2. The quantitative estimate of drug-likeness (QED) is 0.0222. The number of ether oxygens (including phenoxy) is 4. The normalized spacial score (nSPS) is 14.4. The Morgan fingerprint density at radius 1 is 0.326 bits per heavy atom. The first-order chi connectivity index (χ1) is 42.9. The summed E-state index contributed by atoms with van der Waals surface area (Å²) < 4.78 is 68.3. The van der Waals surface area contributed by atoms with Gasteiger partial charge in [0.2, 0.25) is 0 Å². The number of aliphatic hydroxyl groups excluding tert-OH is 1. The molecule has 0 heterocycles. The Hall–Kier alpha value is -1.94. The Labute approximate surface area is 543 Å². The molecule has 17 nitrogen and oxygen atoms in total. The molecule has 528 valence electrons. The highest BCUT2D eigenvalue weighted by molar-refractivity contribution is 7.47. The van der Waals surface area contributed by atoms with Crippen LogP contribution in [-0.4, -0.2) is 96.7 Å². The molecule has 6 atom stereocenters. The topological polar surface area (TPSA) is 237 Å². The van der Waals surface area contributed by atoms with Gasteiger partial charge in [-0.15, -0.1) is 0 Å². The molecule has 19 heteroatoms. The molecule has 0 aliphatic heterocycles. The van der Waals surface area contributed by atoms with Crippen LogP contribution in [0.5, 0.6) is 0 Å². The van der Waals surface area contributed by atoms with E-state index in [0.29, 0.717) is 31.6 Å². The second-order valence-electron chi connectivity index (χ2n) is 26.0. The first-order valence-corrected chi connectivity index (χ1v) is 39.5. The van der Waals surface area contributed by atoms with E-state index >= 15 is 0 Å². The predicted octanol–water partition coefficient (Wildman–Crippen LogP) is 20.0. The highest BCUT2D eigenvalue weighted by Crippen LogP contribution is 2.45. The smallest absolute Gasteiger partial charge is 0.462 e. The number of carbonyl (C=O) groups is 4. The third-order valence-electron chi connectivity index (χ3n) is 16.6. The van der Waals surface area contributed by atoms with Gasteiger partial charge in [-0.2, -0.15) is 0 Å². The van der Waals surface area contributed by atoms with Gasteiger partial charge in [0.1, 0.15) is 19.3 Å². The molecule has 0 bridgehead atoms. The Morgan fingerprint density at radius 3 is 0.854 bits per heavy atom. The lowest BCUT2D eigenvalue weighted by atomic mass is 9.99. The van der Waals surface area contributed by atoms with Crippen LogP contribution in [0, 0.1) is 11.8 Å². The van der Waals surface area contributed by atoms with Gasteiger partial charge in [0, 0.05) is 25.7 Å². The summed E-state index contributed by atoms with van der Waals surface area (Å²) in [6.45, 7) is 9.52. The van der Waals surface area contributed by atoms with Crippen LogP contribution in [0.1, 0.15) is 356 Å². The molecule has 0 fully saturated rings. The number of phosphoric acid groups is 2. The lowest BCUT2D eigenvalue weighted by Crippen LogP contribution is -2.30. The summed E-state index contributed by atoms with van der Waals surface area (Å²) in [7, 11) is -9.90. The maximum Gasteiger partial charge on any atom is 0.472 e. The SMILES string of the molecule is CCCCCCCCCCCCCCCCC(=O)OC[C@H](COP(=O)(O)OC[C@@H](O)COP(=O)(O)OC[C@@H](COC(=O)CCCCCCCCCC(C)C)OC(=O)CCCCCCCCCCCCC)OC(=O)CCCCCCCCCCCCC(C)CC. The number of aliphatic hydroxyl groups is 1. The average Bonchev–Trinajstić information content (AvgIpc) is 3.70. The van der Waals surface area contributed by atoms with Crippen LogP contribution in [-0.2, 0) is 65.4 Å². The van der Waals surface area contributed by atoms with Crippen LogP contribution in [0.25, 0.3) is 0 Å². The zero-order valence-corrected chi connectivity index (χ0v) is 59.5. The van der Waals surface area contributed by atoms with Crippen molar-refractivity contribution in [2.75, 3.05) is 39.6 Å². The third-order valence-corrected chi connectivity index (χ3v) is 18.5. The molecule has 0 aliphatic carbocycles. The van der Waals surface area contributed by atoms with Crippen molar-refractivity contribution < 1.29 is 80.2 Å². The number of hydrogen-bond donors (Lipinski definition) is 3. The van der Waals surface area contributed by atoms with E-state index in [2.05, 4.69) is 41.5 Å². The number of hydrogen-bond acceptors (Lipinski definition) is 15. The summed E-state index contributed by atoms with van der Waals surface area (Å²) >= 11 is 0. The Morgan fingerprint density at radius 2 is 0.573 bits per heavy atom. The predicted molar refractivity (Wildman–Crippen MR) is 358 cm³/mol. The van der Waals surface area contributed by atoms with Crippen molar-refractivity contribution in [3.8, 4) is 0 Å². The van der Waals surface area contributed by atoms with Crippen molar-refractivity contribution in [1.82, 2.24) is 0 Å². The van der Waals surface area contributed by atoms with Crippen molar-refractivity contribution in [2.24, 2.45) is 11.8 Å². The number of rotatable bonds is 69. The lowest BCUT2D eigenvalue weighted by Gasteiger charge is -2.21. The fourth-order valence-electron chi connectivity index (χ4n) is 10.6. The maximum absolute atomic E-state index is 13.0. The fourth-order valence-corrected chi connectivity index (χ4v) is 12.1. The van der Waals surface area contributed by atoms with Crippen LogP contribution in [0.2, 0.25) is 0 Å². The number of esters is 4. The molecule has 0 rings (SSSR count). The summed E-state index contributed by atoms with van der Waals surface area (Å²) in [4.78, 5) is 72.5. The van der Waals surface area contributed by atoms with E-state index in [1.54, 1.807) is 0 Å². The van der Waals surface area contributed by atoms with Crippen molar-refractivity contribution in [2.45, 2.75) is 374 Å². The third kappa shape index (κ3) is 63.2. The fraction of sp³-hybridized carbons (Fsp3) is 0.943. The molecule has 89 heavy (non-hydrogen) atoms. The minimum absolute atomic E-state index is 0.106. The van der Waals surface area contributed by atoms with E-state index in [1.807, 2.05) is 0 Å². The minimum atomic E-state index is -4.95. The van der Waals surface area contributed by atoms with Crippen molar-refractivity contribution in [1.29, 1.82) is 0 Å². The molecule has 0 aromatic heterocycles. The molecule has 0 saturated carbocycles. The van der Waals surface area contributed by atoms with E-state index < -0.39 is 97.5 Å². The van der Waals surface area contributed by atoms with Crippen LogP contribution < -0.4 is 0 Å². The minimum Gasteiger partial charge on any atom is -0.462 e. The molecular formula is C70H136O17P2. The number of phosphoric ester groups is 2. The summed E-state index contributed by atoms with van der Waals surface area (Å²) in [5.41, 5.74) is 0. The molecule has 0 saturated heterocycles. The van der Waals surface area contributed by atoms with Gasteiger partial charge < -0.3 is 33.8 Å². The van der Waals surface area contributed by atoms with Gasteiger partial charge in [0.25, 0.3) is 0 Å². The summed E-state index contributed by atoms with van der Waals surface area (Å²) in [5, 5.41) is 10.6. The largest absolute Gasteiger partial charge is 0.472 e. The standard InChI is InChI=1S/C70H136O17P2/c1-7-10-12-14-16-18-20-21-22-24-28-34-40-46-52-67(72)80-58-65(86-70(75)55-49-43-36-30-26-25-27-33-39-45-51-63(6)9-3)60-84-88(76,77)82-56-64(71)57-83-89(78,79)85-61-66(59-81-68(73)53-47-41-37-31-32-38-44-50-62(4)5)87-69(74)54-48-42-35-29-23-19-17-15-13-11-8-2/h62-66,71H,7-61H2,1-6H3,(H,76,77)(H,78,79)/t63?,64-,65-,66-/m1/s1. The highest BCUT2D eigenvalue weighted by Gasteiger charge is 2.30. The van der Waals surface area contributed by atoms with E-state index in [1.165, 1.54) is 167 Å². The average molecular weight is 1310 g/mol. The van der Waals surface area contributed by atoms with Crippen molar-refractivity contribution in [3.05, 3.63) is 0 Å². The van der Waals surface area contributed by atoms with E-state index in [9.17, 15) is 43.2 Å².